The van der Waals surface area contributed by atoms with Crippen LogP contribution >= 0.6 is 11.3 Å². The van der Waals surface area contributed by atoms with Gasteiger partial charge in [-0.3, -0.25) is 9.48 Å². The van der Waals surface area contributed by atoms with Gasteiger partial charge in [0.15, 0.2) is 0 Å². The lowest BCUT2D eigenvalue weighted by Gasteiger charge is -2.14. The van der Waals surface area contributed by atoms with Gasteiger partial charge in [-0.25, -0.2) is 4.98 Å². The number of rotatable bonds is 6. The van der Waals surface area contributed by atoms with Gasteiger partial charge in [0.05, 0.1) is 12.2 Å². The molecule has 124 valence electrons. The lowest BCUT2D eigenvalue weighted by atomic mass is 10.1. The first kappa shape index (κ1) is 16.4. The molecule has 0 aliphatic heterocycles. The summed E-state index contributed by atoms with van der Waals surface area (Å²) in [5.74, 6) is -0.0358. The SMILES string of the molecule is CC[C@@H](C(=O)NCc1csc(-c2cccc(C)c2)n1)n1cccn1. The maximum absolute atomic E-state index is 12.4. The maximum Gasteiger partial charge on any atom is 0.245 e. The molecular weight excluding hydrogens is 320 g/mol. The van der Waals surface area contributed by atoms with Crippen molar-refractivity contribution in [1.82, 2.24) is 20.1 Å². The summed E-state index contributed by atoms with van der Waals surface area (Å²) < 4.78 is 1.69. The van der Waals surface area contributed by atoms with Crippen molar-refractivity contribution in [1.29, 1.82) is 0 Å². The number of nitrogens with zero attached hydrogens (tertiary/aromatic N) is 3. The van der Waals surface area contributed by atoms with Crippen LogP contribution in [0.15, 0.2) is 48.1 Å². The number of carbonyl (C=O) groups excluding carboxylic acids is 1. The molecule has 0 fully saturated rings. The number of amides is 1. The first-order chi connectivity index (χ1) is 11.7. The Morgan fingerprint density at radius 2 is 2.25 bits per heavy atom. The van der Waals surface area contributed by atoms with Crippen molar-refractivity contribution >= 4 is 17.2 Å². The van der Waals surface area contributed by atoms with Crippen molar-refractivity contribution in [2.75, 3.05) is 0 Å². The number of hydrogen-bond donors (Lipinski definition) is 1. The molecule has 2 aromatic heterocycles. The third-order valence-corrected chi connectivity index (χ3v) is 4.73. The zero-order valence-electron chi connectivity index (χ0n) is 13.8. The van der Waals surface area contributed by atoms with Crippen molar-refractivity contribution in [2.24, 2.45) is 0 Å². The van der Waals surface area contributed by atoms with Crippen molar-refractivity contribution in [3.63, 3.8) is 0 Å². The molecule has 3 rings (SSSR count). The summed E-state index contributed by atoms with van der Waals surface area (Å²) in [4.78, 5) is 17.0. The smallest absolute Gasteiger partial charge is 0.245 e. The molecule has 1 aromatic carbocycles. The van der Waals surface area contributed by atoms with E-state index in [0.717, 1.165) is 16.3 Å². The van der Waals surface area contributed by atoms with Crippen LogP contribution in [0.25, 0.3) is 10.6 Å². The van der Waals surface area contributed by atoms with E-state index < -0.39 is 0 Å². The van der Waals surface area contributed by atoms with E-state index in [-0.39, 0.29) is 11.9 Å². The van der Waals surface area contributed by atoms with Gasteiger partial charge in [0.25, 0.3) is 0 Å². The molecule has 3 aromatic rings. The molecular formula is C18H20N4OS. The summed E-state index contributed by atoms with van der Waals surface area (Å²) in [6.45, 7) is 4.47. The van der Waals surface area contributed by atoms with Crippen molar-refractivity contribution < 1.29 is 4.79 Å². The fourth-order valence-corrected chi connectivity index (χ4v) is 3.37. The van der Waals surface area contributed by atoms with Crippen LogP contribution in [0.4, 0.5) is 0 Å². The van der Waals surface area contributed by atoms with Gasteiger partial charge in [0.1, 0.15) is 11.0 Å². The van der Waals surface area contributed by atoms with Gasteiger partial charge in [0, 0.05) is 23.3 Å². The monoisotopic (exact) mass is 340 g/mol. The summed E-state index contributed by atoms with van der Waals surface area (Å²) in [6, 6.07) is 9.81. The fourth-order valence-electron chi connectivity index (χ4n) is 2.55. The van der Waals surface area contributed by atoms with E-state index >= 15 is 0 Å². The standard InChI is InChI=1S/C18H20N4OS/c1-3-16(22-9-5-8-20-22)17(23)19-11-15-12-24-18(21-15)14-7-4-6-13(2)10-14/h4-10,12,16H,3,11H2,1-2H3,(H,19,23)/t16-/m0/s1. The second-order valence-electron chi connectivity index (χ2n) is 5.64. The zero-order chi connectivity index (χ0) is 16.9. The van der Waals surface area contributed by atoms with Gasteiger partial charge in [-0.15, -0.1) is 11.3 Å². The van der Waals surface area contributed by atoms with E-state index in [1.165, 1.54) is 5.56 Å². The Hall–Kier alpha value is -2.47. The van der Waals surface area contributed by atoms with E-state index in [1.807, 2.05) is 30.6 Å². The van der Waals surface area contributed by atoms with Gasteiger partial charge in [-0.1, -0.05) is 30.7 Å². The second kappa shape index (κ2) is 7.40. The van der Waals surface area contributed by atoms with E-state index in [1.54, 1.807) is 22.2 Å². The molecule has 2 heterocycles. The van der Waals surface area contributed by atoms with Crippen LogP contribution in [0.1, 0.15) is 30.6 Å². The Morgan fingerprint density at radius 1 is 1.38 bits per heavy atom. The number of aromatic nitrogens is 3. The third-order valence-electron chi connectivity index (χ3n) is 3.79. The Balaban J connectivity index is 1.64. The number of aryl methyl sites for hydroxylation is 1. The molecule has 0 unspecified atom stereocenters. The molecule has 24 heavy (non-hydrogen) atoms. The summed E-state index contributed by atoms with van der Waals surface area (Å²) in [7, 11) is 0. The molecule has 1 atom stereocenters. The number of carbonyl (C=O) groups is 1. The molecule has 0 aliphatic rings. The quantitative estimate of drug-likeness (QED) is 0.746. The number of nitrogens with one attached hydrogen (secondary N) is 1. The minimum absolute atomic E-state index is 0.0358. The molecule has 0 radical (unpaired) electrons. The van der Waals surface area contributed by atoms with Crippen LogP contribution < -0.4 is 5.32 Å². The van der Waals surface area contributed by atoms with Crippen molar-refractivity contribution in [2.45, 2.75) is 32.9 Å². The molecule has 0 aliphatic carbocycles. The third kappa shape index (κ3) is 3.71. The van der Waals surface area contributed by atoms with Crippen LogP contribution in [0.5, 0.6) is 0 Å². The minimum atomic E-state index is -0.283. The molecule has 1 amide bonds. The Morgan fingerprint density at radius 3 is 2.96 bits per heavy atom. The van der Waals surface area contributed by atoms with Gasteiger partial charge < -0.3 is 5.32 Å². The van der Waals surface area contributed by atoms with Crippen LogP contribution in [-0.4, -0.2) is 20.7 Å². The predicted octanol–water partition coefficient (Wildman–Crippen LogP) is 3.58. The van der Waals surface area contributed by atoms with E-state index in [4.69, 9.17) is 0 Å². The first-order valence-electron chi connectivity index (χ1n) is 7.95. The highest BCUT2D eigenvalue weighted by atomic mass is 32.1. The lowest BCUT2D eigenvalue weighted by molar-refractivity contribution is -0.124. The van der Waals surface area contributed by atoms with E-state index in [2.05, 4.69) is 40.5 Å². The molecule has 0 saturated carbocycles. The van der Waals surface area contributed by atoms with Crippen LogP contribution in [0, 0.1) is 6.92 Å². The van der Waals surface area contributed by atoms with E-state index in [0.29, 0.717) is 13.0 Å². The Bertz CT molecular complexity index is 810. The molecule has 1 N–H and O–H groups in total. The zero-order valence-corrected chi connectivity index (χ0v) is 14.6. The molecule has 5 nitrogen and oxygen atoms in total. The molecule has 6 heteroatoms. The molecule has 0 spiro atoms. The Labute approximate surface area is 145 Å². The number of hydrogen-bond acceptors (Lipinski definition) is 4. The number of benzene rings is 1. The highest BCUT2D eigenvalue weighted by Crippen LogP contribution is 2.24. The summed E-state index contributed by atoms with van der Waals surface area (Å²) in [5, 5.41) is 10.1. The van der Waals surface area contributed by atoms with Gasteiger partial charge in [-0.2, -0.15) is 5.10 Å². The highest BCUT2D eigenvalue weighted by molar-refractivity contribution is 7.13. The highest BCUT2D eigenvalue weighted by Gasteiger charge is 2.18. The second-order valence-corrected chi connectivity index (χ2v) is 6.50. The van der Waals surface area contributed by atoms with Crippen LogP contribution in [-0.2, 0) is 11.3 Å². The van der Waals surface area contributed by atoms with Crippen molar-refractivity contribution in [3.05, 3.63) is 59.4 Å². The normalized spacial score (nSPS) is 12.1. The summed E-state index contributed by atoms with van der Waals surface area (Å²) in [5.41, 5.74) is 3.20. The summed E-state index contributed by atoms with van der Waals surface area (Å²) in [6.07, 6.45) is 4.19. The maximum atomic E-state index is 12.4. The van der Waals surface area contributed by atoms with Crippen LogP contribution in [0.3, 0.4) is 0 Å². The van der Waals surface area contributed by atoms with Gasteiger partial charge in [0.2, 0.25) is 5.91 Å². The topological polar surface area (TPSA) is 59.8 Å². The fraction of sp³-hybridized carbons (Fsp3) is 0.278. The molecule has 0 saturated heterocycles. The minimum Gasteiger partial charge on any atom is -0.349 e. The average molecular weight is 340 g/mol. The summed E-state index contributed by atoms with van der Waals surface area (Å²) >= 11 is 1.59. The van der Waals surface area contributed by atoms with Crippen LogP contribution in [0.2, 0.25) is 0 Å². The average Bonchev–Trinajstić information content (AvgIpc) is 3.26. The van der Waals surface area contributed by atoms with Crippen molar-refractivity contribution in [3.8, 4) is 10.6 Å². The molecule has 0 bridgehead atoms. The van der Waals surface area contributed by atoms with E-state index in [9.17, 15) is 4.79 Å². The van der Waals surface area contributed by atoms with Gasteiger partial charge >= 0.3 is 0 Å². The van der Waals surface area contributed by atoms with Gasteiger partial charge in [-0.05, 0) is 25.5 Å². The largest absolute Gasteiger partial charge is 0.349 e. The first-order valence-corrected chi connectivity index (χ1v) is 8.83. The predicted molar refractivity (Wildman–Crippen MR) is 95.7 cm³/mol. The lowest BCUT2D eigenvalue weighted by Crippen LogP contribution is -2.32. The number of thiazole rings is 1. The Kier molecular flexibility index (Phi) is 5.05.